The molecule has 2 N–H and O–H groups in total. The maximum Gasteiger partial charge on any atom is 0.229 e. The molecule has 5 nitrogen and oxygen atoms in total. The Labute approximate surface area is 145 Å². The van der Waals surface area contributed by atoms with E-state index in [1.807, 2.05) is 74.5 Å². The Hall–Kier alpha value is -3.34. The van der Waals surface area contributed by atoms with Crippen molar-refractivity contribution in [2.45, 2.75) is 13.8 Å². The molecule has 4 rings (SSSR count). The number of aromatic nitrogens is 3. The van der Waals surface area contributed by atoms with E-state index in [9.17, 15) is 0 Å². The molecule has 2 aromatic carbocycles. The van der Waals surface area contributed by atoms with Crippen LogP contribution in [0, 0.1) is 13.8 Å². The van der Waals surface area contributed by atoms with Crippen molar-refractivity contribution in [2.75, 3.05) is 5.32 Å². The standard InChI is InChI=1S/C20H18N4O/c1-13-7-3-6-10-17(13)25-20-16-9-5-4-8-15(16)12-18(22-20)21-19-11-14(2)23-24-19/h3-12H,1-2H3,(H2,21,22,23,24). The van der Waals surface area contributed by atoms with Gasteiger partial charge in [0.2, 0.25) is 5.88 Å². The van der Waals surface area contributed by atoms with Crippen LogP contribution in [0.1, 0.15) is 11.3 Å². The monoisotopic (exact) mass is 330 g/mol. The lowest BCUT2D eigenvalue weighted by Gasteiger charge is -2.12. The van der Waals surface area contributed by atoms with Crippen LogP contribution in [0.2, 0.25) is 0 Å². The van der Waals surface area contributed by atoms with Gasteiger partial charge in [0.1, 0.15) is 11.6 Å². The maximum atomic E-state index is 6.13. The van der Waals surface area contributed by atoms with Gasteiger partial charge in [-0.1, -0.05) is 36.4 Å². The lowest BCUT2D eigenvalue weighted by Crippen LogP contribution is -1.98. The first-order valence-electron chi connectivity index (χ1n) is 8.11. The molecule has 0 aliphatic heterocycles. The molecular formula is C20H18N4O. The lowest BCUT2D eigenvalue weighted by molar-refractivity contribution is 0.466. The molecule has 4 aromatic rings. The molecule has 0 saturated carbocycles. The zero-order valence-electron chi connectivity index (χ0n) is 14.1. The van der Waals surface area contributed by atoms with Crippen molar-refractivity contribution in [3.63, 3.8) is 0 Å². The average molecular weight is 330 g/mol. The highest BCUT2D eigenvalue weighted by atomic mass is 16.5. The van der Waals surface area contributed by atoms with Gasteiger partial charge in [0.25, 0.3) is 0 Å². The van der Waals surface area contributed by atoms with Gasteiger partial charge in [0.05, 0.1) is 0 Å². The highest BCUT2D eigenvalue weighted by Crippen LogP contribution is 2.32. The number of nitrogens with one attached hydrogen (secondary N) is 2. The fourth-order valence-electron chi connectivity index (χ4n) is 2.70. The summed E-state index contributed by atoms with van der Waals surface area (Å²) in [5.41, 5.74) is 2.05. The van der Waals surface area contributed by atoms with E-state index >= 15 is 0 Å². The molecule has 2 heterocycles. The summed E-state index contributed by atoms with van der Waals surface area (Å²) >= 11 is 0. The van der Waals surface area contributed by atoms with Gasteiger partial charge in [-0.15, -0.1) is 0 Å². The van der Waals surface area contributed by atoms with Gasteiger partial charge in [-0.25, -0.2) is 0 Å². The third-order valence-corrected chi connectivity index (χ3v) is 3.97. The summed E-state index contributed by atoms with van der Waals surface area (Å²) in [6.45, 7) is 3.98. The third-order valence-electron chi connectivity index (χ3n) is 3.97. The van der Waals surface area contributed by atoms with Gasteiger partial charge >= 0.3 is 0 Å². The Morgan fingerprint density at radius 2 is 1.72 bits per heavy atom. The number of benzene rings is 2. The quantitative estimate of drug-likeness (QED) is 0.546. The maximum absolute atomic E-state index is 6.13. The molecule has 0 unspecified atom stereocenters. The van der Waals surface area contributed by atoms with Crippen LogP contribution in [0.4, 0.5) is 11.6 Å². The number of aryl methyl sites for hydroxylation is 2. The number of nitrogens with zero attached hydrogens (tertiary/aromatic N) is 2. The second-order valence-electron chi connectivity index (χ2n) is 5.96. The number of rotatable bonds is 4. The molecule has 0 fully saturated rings. The van der Waals surface area contributed by atoms with E-state index in [1.54, 1.807) is 0 Å². The minimum absolute atomic E-state index is 0.571. The number of para-hydroxylation sites is 1. The topological polar surface area (TPSA) is 62.8 Å². The Bertz CT molecular complexity index is 1040. The van der Waals surface area contributed by atoms with Crippen LogP contribution in [0.15, 0.2) is 60.7 Å². The SMILES string of the molecule is Cc1cc(Nc2cc3ccccc3c(Oc3ccccc3C)n2)n[nH]1. The van der Waals surface area contributed by atoms with Crippen molar-refractivity contribution >= 4 is 22.4 Å². The normalized spacial score (nSPS) is 10.8. The van der Waals surface area contributed by atoms with E-state index in [2.05, 4.69) is 20.5 Å². The molecular weight excluding hydrogens is 312 g/mol. The fraction of sp³-hybridized carbons (Fsp3) is 0.100. The largest absolute Gasteiger partial charge is 0.438 e. The van der Waals surface area contributed by atoms with Crippen molar-refractivity contribution in [1.82, 2.24) is 15.2 Å². The molecule has 2 aromatic heterocycles. The van der Waals surface area contributed by atoms with Crippen molar-refractivity contribution in [1.29, 1.82) is 0 Å². The van der Waals surface area contributed by atoms with Gasteiger partial charge in [0.15, 0.2) is 5.82 Å². The second-order valence-corrected chi connectivity index (χ2v) is 5.96. The molecule has 5 heteroatoms. The molecule has 25 heavy (non-hydrogen) atoms. The minimum Gasteiger partial charge on any atom is -0.438 e. The van der Waals surface area contributed by atoms with Gasteiger partial charge in [-0.3, -0.25) is 5.10 Å². The van der Waals surface area contributed by atoms with Crippen molar-refractivity contribution < 1.29 is 4.74 Å². The zero-order chi connectivity index (χ0) is 17.2. The first kappa shape index (κ1) is 15.2. The highest BCUT2D eigenvalue weighted by Gasteiger charge is 2.10. The van der Waals surface area contributed by atoms with Crippen molar-refractivity contribution in [2.24, 2.45) is 0 Å². The molecule has 0 atom stereocenters. The van der Waals surface area contributed by atoms with E-state index in [0.717, 1.165) is 33.6 Å². The van der Waals surface area contributed by atoms with E-state index in [1.165, 1.54) is 0 Å². The number of hydrogen-bond acceptors (Lipinski definition) is 4. The summed E-state index contributed by atoms with van der Waals surface area (Å²) in [6.07, 6.45) is 0. The lowest BCUT2D eigenvalue weighted by atomic mass is 10.1. The summed E-state index contributed by atoms with van der Waals surface area (Å²) in [5.74, 6) is 2.78. The number of hydrogen-bond donors (Lipinski definition) is 2. The first-order valence-corrected chi connectivity index (χ1v) is 8.11. The summed E-state index contributed by atoms with van der Waals surface area (Å²) < 4.78 is 6.13. The number of aromatic amines is 1. The molecule has 0 bridgehead atoms. The second kappa shape index (κ2) is 6.28. The Morgan fingerprint density at radius 3 is 2.52 bits per heavy atom. The Morgan fingerprint density at radius 1 is 0.920 bits per heavy atom. The van der Waals surface area contributed by atoms with Crippen LogP contribution < -0.4 is 10.1 Å². The van der Waals surface area contributed by atoms with E-state index < -0.39 is 0 Å². The fourth-order valence-corrected chi connectivity index (χ4v) is 2.70. The Balaban J connectivity index is 1.77. The van der Waals surface area contributed by atoms with E-state index in [0.29, 0.717) is 11.7 Å². The number of ether oxygens (including phenoxy) is 1. The molecule has 0 aliphatic rings. The third kappa shape index (κ3) is 3.17. The van der Waals surface area contributed by atoms with Crippen molar-refractivity contribution in [3.8, 4) is 11.6 Å². The zero-order valence-corrected chi connectivity index (χ0v) is 14.1. The summed E-state index contributed by atoms with van der Waals surface area (Å²) in [6, 6.07) is 19.9. The molecule has 0 radical (unpaired) electrons. The van der Waals surface area contributed by atoms with Crippen LogP contribution in [0.25, 0.3) is 10.8 Å². The predicted molar refractivity (Wildman–Crippen MR) is 99.6 cm³/mol. The van der Waals surface area contributed by atoms with Crippen LogP contribution in [0.3, 0.4) is 0 Å². The highest BCUT2D eigenvalue weighted by molar-refractivity contribution is 5.89. The predicted octanol–water partition coefficient (Wildman–Crippen LogP) is 5.11. The summed E-state index contributed by atoms with van der Waals surface area (Å²) in [5, 5.41) is 12.4. The molecule has 0 saturated heterocycles. The number of pyridine rings is 1. The van der Waals surface area contributed by atoms with Crippen LogP contribution in [-0.4, -0.2) is 15.2 Å². The molecule has 124 valence electrons. The number of H-pyrrole nitrogens is 1. The average Bonchev–Trinajstić information content (AvgIpc) is 3.02. The van der Waals surface area contributed by atoms with Crippen molar-refractivity contribution in [3.05, 3.63) is 71.9 Å². The van der Waals surface area contributed by atoms with Gasteiger partial charge in [-0.2, -0.15) is 10.1 Å². The minimum atomic E-state index is 0.571. The summed E-state index contributed by atoms with van der Waals surface area (Å²) in [7, 11) is 0. The smallest absolute Gasteiger partial charge is 0.229 e. The van der Waals surface area contributed by atoms with Gasteiger partial charge < -0.3 is 10.1 Å². The summed E-state index contributed by atoms with van der Waals surface area (Å²) in [4.78, 5) is 4.65. The van der Waals surface area contributed by atoms with Crippen LogP contribution in [0.5, 0.6) is 11.6 Å². The molecule has 0 aliphatic carbocycles. The van der Waals surface area contributed by atoms with Gasteiger partial charge in [-0.05, 0) is 43.0 Å². The Kier molecular flexibility index (Phi) is 3.82. The number of anilines is 2. The van der Waals surface area contributed by atoms with Crippen LogP contribution >= 0.6 is 0 Å². The van der Waals surface area contributed by atoms with Crippen LogP contribution in [-0.2, 0) is 0 Å². The molecule has 0 amide bonds. The van der Waals surface area contributed by atoms with Gasteiger partial charge in [0, 0.05) is 17.1 Å². The first-order chi connectivity index (χ1) is 12.2. The molecule has 0 spiro atoms. The van der Waals surface area contributed by atoms with E-state index in [4.69, 9.17) is 4.74 Å². The van der Waals surface area contributed by atoms with E-state index in [-0.39, 0.29) is 0 Å². The number of fused-ring (bicyclic) bond motifs is 1.